The SMILES string of the molecule is CCOC(=O)ON=C1CCCCC1. The van der Waals surface area contributed by atoms with Gasteiger partial charge in [-0.05, 0) is 32.6 Å². The lowest BCUT2D eigenvalue weighted by Crippen LogP contribution is -2.09. The summed E-state index contributed by atoms with van der Waals surface area (Å²) in [5, 5.41) is 3.74. The monoisotopic (exact) mass is 185 g/mol. The topological polar surface area (TPSA) is 47.9 Å². The van der Waals surface area contributed by atoms with E-state index in [-0.39, 0.29) is 0 Å². The molecule has 13 heavy (non-hydrogen) atoms. The van der Waals surface area contributed by atoms with Crippen LogP contribution in [0.2, 0.25) is 0 Å². The van der Waals surface area contributed by atoms with Gasteiger partial charge in [0, 0.05) is 0 Å². The normalized spacial score (nSPS) is 16.5. The third kappa shape index (κ3) is 3.92. The van der Waals surface area contributed by atoms with Gasteiger partial charge in [0.2, 0.25) is 0 Å². The second kappa shape index (κ2) is 5.56. The lowest BCUT2D eigenvalue weighted by molar-refractivity contribution is 0.0608. The van der Waals surface area contributed by atoms with Crippen molar-refractivity contribution in [2.45, 2.75) is 39.0 Å². The molecule has 0 saturated heterocycles. The Kier molecular flexibility index (Phi) is 4.29. The lowest BCUT2D eigenvalue weighted by Gasteiger charge is -2.10. The minimum Gasteiger partial charge on any atom is -0.433 e. The molecule has 0 atom stereocenters. The molecule has 0 aromatic rings. The number of rotatable bonds is 2. The highest BCUT2D eigenvalue weighted by Crippen LogP contribution is 2.14. The van der Waals surface area contributed by atoms with Gasteiger partial charge in [-0.15, -0.1) is 0 Å². The zero-order valence-corrected chi connectivity index (χ0v) is 7.91. The largest absolute Gasteiger partial charge is 0.535 e. The smallest absolute Gasteiger partial charge is 0.433 e. The third-order valence-corrected chi connectivity index (χ3v) is 1.94. The average Bonchev–Trinajstić information content (AvgIpc) is 2.17. The van der Waals surface area contributed by atoms with Crippen molar-refractivity contribution in [3.8, 4) is 0 Å². The van der Waals surface area contributed by atoms with Gasteiger partial charge in [0.25, 0.3) is 0 Å². The standard InChI is InChI=1S/C9H15NO3/c1-2-12-9(11)13-10-8-6-4-3-5-7-8/h2-7H2,1H3. The molecule has 1 saturated carbocycles. The first kappa shape index (κ1) is 10.0. The number of hydrogen-bond donors (Lipinski definition) is 0. The summed E-state index contributed by atoms with van der Waals surface area (Å²) in [7, 11) is 0. The molecule has 0 spiro atoms. The highest BCUT2D eigenvalue weighted by atomic mass is 16.8. The van der Waals surface area contributed by atoms with E-state index >= 15 is 0 Å². The van der Waals surface area contributed by atoms with Crippen LogP contribution in [0, 0.1) is 0 Å². The zero-order chi connectivity index (χ0) is 9.52. The minimum atomic E-state index is -0.708. The van der Waals surface area contributed by atoms with Crippen molar-refractivity contribution in [2.24, 2.45) is 5.16 Å². The third-order valence-electron chi connectivity index (χ3n) is 1.94. The van der Waals surface area contributed by atoms with Crippen molar-refractivity contribution in [3.63, 3.8) is 0 Å². The van der Waals surface area contributed by atoms with Gasteiger partial charge in [-0.1, -0.05) is 11.6 Å². The van der Waals surface area contributed by atoms with Gasteiger partial charge in [0.05, 0.1) is 12.3 Å². The molecule has 0 heterocycles. The van der Waals surface area contributed by atoms with E-state index in [1.54, 1.807) is 6.92 Å². The van der Waals surface area contributed by atoms with Crippen molar-refractivity contribution in [1.29, 1.82) is 0 Å². The summed E-state index contributed by atoms with van der Waals surface area (Å²) in [6.07, 6.45) is 4.72. The molecule has 1 fully saturated rings. The summed E-state index contributed by atoms with van der Waals surface area (Å²) in [5.41, 5.74) is 0.972. The molecule has 1 aliphatic carbocycles. The van der Waals surface area contributed by atoms with E-state index in [9.17, 15) is 4.79 Å². The Morgan fingerprint density at radius 2 is 2.08 bits per heavy atom. The van der Waals surface area contributed by atoms with Crippen molar-refractivity contribution in [3.05, 3.63) is 0 Å². The molecule has 0 bridgehead atoms. The van der Waals surface area contributed by atoms with Crippen molar-refractivity contribution in [2.75, 3.05) is 6.61 Å². The highest BCUT2D eigenvalue weighted by molar-refractivity contribution is 5.84. The Hall–Kier alpha value is -1.06. The Morgan fingerprint density at radius 3 is 2.69 bits per heavy atom. The first-order valence-corrected chi connectivity index (χ1v) is 4.72. The highest BCUT2D eigenvalue weighted by Gasteiger charge is 2.08. The van der Waals surface area contributed by atoms with E-state index in [1.165, 1.54) is 6.42 Å². The molecule has 1 aliphatic rings. The van der Waals surface area contributed by atoms with Gasteiger partial charge >= 0.3 is 6.16 Å². The van der Waals surface area contributed by atoms with Gasteiger partial charge in [0.15, 0.2) is 0 Å². The maximum absolute atomic E-state index is 10.7. The molecule has 4 heteroatoms. The van der Waals surface area contributed by atoms with E-state index in [1.807, 2.05) is 0 Å². The Labute approximate surface area is 77.9 Å². The summed E-state index contributed by atoms with van der Waals surface area (Å²) in [4.78, 5) is 15.3. The Balaban J connectivity index is 2.25. The fraction of sp³-hybridized carbons (Fsp3) is 0.778. The molecule has 0 amide bonds. The lowest BCUT2D eigenvalue weighted by atomic mass is 9.99. The predicted molar refractivity (Wildman–Crippen MR) is 48.6 cm³/mol. The van der Waals surface area contributed by atoms with E-state index < -0.39 is 6.16 Å². The zero-order valence-electron chi connectivity index (χ0n) is 7.91. The molecule has 74 valence electrons. The van der Waals surface area contributed by atoms with Crippen LogP contribution in [0.25, 0.3) is 0 Å². The summed E-state index contributed by atoms with van der Waals surface area (Å²) in [6, 6.07) is 0. The van der Waals surface area contributed by atoms with Gasteiger partial charge < -0.3 is 4.74 Å². The van der Waals surface area contributed by atoms with Crippen LogP contribution in [0.15, 0.2) is 5.16 Å². The van der Waals surface area contributed by atoms with Crippen LogP contribution in [-0.2, 0) is 9.57 Å². The van der Waals surface area contributed by atoms with Crippen LogP contribution in [0.4, 0.5) is 4.79 Å². The van der Waals surface area contributed by atoms with E-state index in [0.717, 1.165) is 31.4 Å². The van der Waals surface area contributed by atoms with Gasteiger partial charge in [-0.3, -0.25) is 4.84 Å². The van der Waals surface area contributed by atoms with Crippen LogP contribution in [0.1, 0.15) is 39.0 Å². The fourth-order valence-electron chi connectivity index (χ4n) is 1.30. The molecule has 0 radical (unpaired) electrons. The number of carbonyl (C=O) groups excluding carboxylic acids is 1. The van der Waals surface area contributed by atoms with Crippen LogP contribution < -0.4 is 0 Å². The van der Waals surface area contributed by atoms with Crippen molar-refractivity contribution >= 4 is 11.9 Å². The van der Waals surface area contributed by atoms with Crippen LogP contribution >= 0.6 is 0 Å². The van der Waals surface area contributed by atoms with Gasteiger partial charge in [-0.2, -0.15) is 0 Å². The molecule has 0 N–H and O–H groups in total. The molecule has 1 rings (SSSR count). The average molecular weight is 185 g/mol. The van der Waals surface area contributed by atoms with Crippen LogP contribution in [0.5, 0.6) is 0 Å². The summed E-state index contributed by atoms with van der Waals surface area (Å²) < 4.78 is 4.56. The molecule has 0 aromatic heterocycles. The maximum atomic E-state index is 10.7. The second-order valence-corrected chi connectivity index (χ2v) is 2.99. The van der Waals surface area contributed by atoms with Crippen molar-refractivity contribution in [1.82, 2.24) is 0 Å². The second-order valence-electron chi connectivity index (χ2n) is 2.99. The number of ether oxygens (including phenoxy) is 1. The molecule has 0 aromatic carbocycles. The number of oxime groups is 1. The summed E-state index contributed by atoms with van der Waals surface area (Å²) >= 11 is 0. The van der Waals surface area contributed by atoms with Gasteiger partial charge in [-0.25, -0.2) is 4.79 Å². The molecular weight excluding hydrogens is 170 g/mol. The minimum absolute atomic E-state index is 0.323. The van der Waals surface area contributed by atoms with Crippen LogP contribution in [-0.4, -0.2) is 18.5 Å². The molecule has 4 nitrogen and oxygen atoms in total. The summed E-state index contributed by atoms with van der Waals surface area (Å²) in [5.74, 6) is 0. The Bertz CT molecular complexity index is 193. The molecule has 0 unspecified atom stereocenters. The number of hydrogen-bond acceptors (Lipinski definition) is 4. The van der Waals surface area contributed by atoms with Crippen LogP contribution in [0.3, 0.4) is 0 Å². The van der Waals surface area contributed by atoms with E-state index in [4.69, 9.17) is 0 Å². The number of nitrogens with zero attached hydrogens (tertiary/aromatic N) is 1. The number of carbonyl (C=O) groups is 1. The van der Waals surface area contributed by atoms with Crippen molar-refractivity contribution < 1.29 is 14.4 Å². The maximum Gasteiger partial charge on any atom is 0.535 e. The first-order valence-electron chi connectivity index (χ1n) is 4.72. The Morgan fingerprint density at radius 1 is 1.38 bits per heavy atom. The predicted octanol–water partition coefficient (Wildman–Crippen LogP) is 2.48. The van der Waals surface area contributed by atoms with E-state index in [2.05, 4.69) is 14.7 Å². The quantitative estimate of drug-likeness (QED) is 0.377. The summed E-state index contributed by atoms with van der Waals surface area (Å²) in [6.45, 7) is 2.05. The first-order chi connectivity index (χ1) is 6.33. The molecular formula is C9H15NO3. The molecule has 0 aliphatic heterocycles. The fourth-order valence-corrected chi connectivity index (χ4v) is 1.30. The van der Waals surface area contributed by atoms with Gasteiger partial charge in [0.1, 0.15) is 0 Å². The van der Waals surface area contributed by atoms with E-state index in [0.29, 0.717) is 6.61 Å².